The number of sulfonamides is 1. The number of aryl methyl sites for hydroxylation is 2. The largest absolute Gasteiger partial charge is 0.394 e. The van der Waals surface area contributed by atoms with E-state index in [1.54, 1.807) is 18.5 Å². The minimum Gasteiger partial charge on any atom is -0.394 e. The van der Waals surface area contributed by atoms with Crippen LogP contribution in [0.5, 0.6) is 0 Å². The van der Waals surface area contributed by atoms with Gasteiger partial charge in [-0.1, -0.05) is 19.8 Å². The second-order valence-corrected chi connectivity index (χ2v) is 7.61. The molecule has 1 aromatic rings. The number of hydrogen-bond donors (Lipinski definition) is 2. The first kappa shape index (κ1) is 15.5. The summed E-state index contributed by atoms with van der Waals surface area (Å²) in [6.07, 6.45) is 4.82. The van der Waals surface area contributed by atoms with E-state index in [9.17, 15) is 13.5 Å². The SMILES string of the molecule is Cc1nc(S(=O)(=O)NC2(CO)CCCC(C)C2)cn1C. The number of hydrogen-bond acceptors (Lipinski definition) is 4. The molecule has 2 atom stereocenters. The third kappa shape index (κ3) is 3.05. The van der Waals surface area contributed by atoms with Crippen molar-refractivity contribution in [1.82, 2.24) is 14.3 Å². The van der Waals surface area contributed by atoms with Crippen LogP contribution in [0.4, 0.5) is 0 Å². The highest BCUT2D eigenvalue weighted by molar-refractivity contribution is 7.89. The summed E-state index contributed by atoms with van der Waals surface area (Å²) in [5.41, 5.74) is -0.748. The van der Waals surface area contributed by atoms with E-state index in [0.717, 1.165) is 12.8 Å². The van der Waals surface area contributed by atoms with Crippen molar-refractivity contribution in [3.63, 3.8) is 0 Å². The normalized spacial score (nSPS) is 27.7. The molecule has 1 heterocycles. The quantitative estimate of drug-likeness (QED) is 0.867. The van der Waals surface area contributed by atoms with E-state index >= 15 is 0 Å². The summed E-state index contributed by atoms with van der Waals surface area (Å²) in [4.78, 5) is 4.06. The van der Waals surface area contributed by atoms with Gasteiger partial charge in [-0.25, -0.2) is 18.1 Å². The fourth-order valence-corrected chi connectivity index (χ4v) is 4.40. The fourth-order valence-electron chi connectivity index (χ4n) is 2.92. The molecule has 0 aliphatic heterocycles. The lowest BCUT2D eigenvalue weighted by Gasteiger charge is -2.38. The predicted octanol–water partition coefficient (Wildman–Crippen LogP) is 0.948. The number of imidazole rings is 1. The van der Waals surface area contributed by atoms with Crippen molar-refractivity contribution in [2.24, 2.45) is 13.0 Å². The first-order valence-corrected chi connectivity index (χ1v) is 8.41. The number of nitrogens with zero attached hydrogens (tertiary/aromatic N) is 2. The molecule has 1 fully saturated rings. The molecule has 0 radical (unpaired) electrons. The third-order valence-corrected chi connectivity index (χ3v) is 5.56. The zero-order valence-electron chi connectivity index (χ0n) is 12.3. The second-order valence-electron chi connectivity index (χ2n) is 5.98. The van der Waals surface area contributed by atoms with Crippen LogP contribution >= 0.6 is 0 Å². The Hall–Kier alpha value is -0.920. The Balaban J connectivity index is 2.26. The number of aromatic nitrogens is 2. The molecule has 2 N–H and O–H groups in total. The van der Waals surface area contributed by atoms with E-state index in [1.807, 2.05) is 0 Å². The average molecular weight is 301 g/mol. The number of aliphatic hydroxyl groups is 1. The first-order chi connectivity index (χ1) is 9.28. The standard InChI is InChI=1S/C13H23N3O3S/c1-10-5-4-6-13(7-10,9-17)15-20(18,19)12-8-16(3)11(2)14-12/h8,10,15,17H,4-7,9H2,1-3H3. The van der Waals surface area contributed by atoms with E-state index in [2.05, 4.69) is 16.6 Å². The van der Waals surface area contributed by atoms with Crippen molar-refractivity contribution >= 4 is 10.0 Å². The van der Waals surface area contributed by atoms with E-state index in [-0.39, 0.29) is 11.6 Å². The molecule has 6 nitrogen and oxygen atoms in total. The van der Waals surface area contributed by atoms with Gasteiger partial charge in [-0.2, -0.15) is 0 Å². The van der Waals surface area contributed by atoms with Gasteiger partial charge in [0.15, 0.2) is 5.03 Å². The molecule has 1 saturated carbocycles. The van der Waals surface area contributed by atoms with Gasteiger partial charge in [-0.05, 0) is 25.7 Å². The Bertz CT molecular complexity index is 562. The Morgan fingerprint density at radius 3 is 2.80 bits per heavy atom. The summed E-state index contributed by atoms with van der Waals surface area (Å²) in [5, 5.41) is 9.69. The maximum Gasteiger partial charge on any atom is 0.260 e. The van der Waals surface area contributed by atoms with Gasteiger partial charge >= 0.3 is 0 Å². The maximum atomic E-state index is 12.4. The lowest BCUT2D eigenvalue weighted by Crippen LogP contribution is -2.53. The van der Waals surface area contributed by atoms with Crippen LogP contribution in [0.1, 0.15) is 38.4 Å². The van der Waals surface area contributed by atoms with Gasteiger partial charge in [0, 0.05) is 13.2 Å². The highest BCUT2D eigenvalue weighted by Crippen LogP contribution is 2.33. The van der Waals surface area contributed by atoms with E-state index in [4.69, 9.17) is 0 Å². The molecule has 1 aliphatic rings. The summed E-state index contributed by atoms with van der Waals surface area (Å²) < 4.78 is 29.2. The second kappa shape index (κ2) is 5.46. The lowest BCUT2D eigenvalue weighted by molar-refractivity contribution is 0.119. The van der Waals surface area contributed by atoms with Crippen molar-refractivity contribution < 1.29 is 13.5 Å². The van der Waals surface area contributed by atoms with Gasteiger partial charge in [0.2, 0.25) is 0 Å². The van der Waals surface area contributed by atoms with Crippen LogP contribution in [0.15, 0.2) is 11.2 Å². The zero-order valence-corrected chi connectivity index (χ0v) is 13.1. The molecular formula is C13H23N3O3S. The number of rotatable bonds is 4. The third-order valence-electron chi connectivity index (χ3n) is 4.11. The molecule has 0 aromatic carbocycles. The molecule has 0 amide bonds. The molecule has 0 saturated heterocycles. The molecule has 2 unspecified atom stereocenters. The average Bonchev–Trinajstić information content (AvgIpc) is 2.70. The van der Waals surface area contributed by atoms with Crippen LogP contribution in [0.3, 0.4) is 0 Å². The van der Waals surface area contributed by atoms with Gasteiger partial charge in [0.1, 0.15) is 5.82 Å². The van der Waals surface area contributed by atoms with Gasteiger partial charge in [0.05, 0.1) is 12.1 Å². The summed E-state index contributed by atoms with van der Waals surface area (Å²) in [6, 6.07) is 0. The molecule has 0 bridgehead atoms. The Labute approximate surface area is 120 Å². The molecule has 2 rings (SSSR count). The van der Waals surface area contributed by atoms with Crippen molar-refractivity contribution in [2.75, 3.05) is 6.61 Å². The highest BCUT2D eigenvalue weighted by Gasteiger charge is 2.39. The summed E-state index contributed by atoms with van der Waals surface area (Å²) in [6.45, 7) is 3.66. The minimum atomic E-state index is -3.70. The van der Waals surface area contributed by atoms with Gasteiger partial charge in [-0.15, -0.1) is 0 Å². The smallest absolute Gasteiger partial charge is 0.260 e. The zero-order chi connectivity index (χ0) is 15.0. The summed E-state index contributed by atoms with van der Waals surface area (Å²) in [5.74, 6) is 1.05. The Morgan fingerprint density at radius 2 is 2.30 bits per heavy atom. The van der Waals surface area contributed by atoms with Gasteiger partial charge < -0.3 is 9.67 Å². The summed E-state index contributed by atoms with van der Waals surface area (Å²) in [7, 11) is -1.94. The van der Waals surface area contributed by atoms with E-state index < -0.39 is 15.6 Å². The minimum absolute atomic E-state index is 0.0172. The highest BCUT2D eigenvalue weighted by atomic mass is 32.2. The van der Waals surface area contributed by atoms with E-state index in [0.29, 0.717) is 24.6 Å². The lowest BCUT2D eigenvalue weighted by atomic mass is 9.78. The Kier molecular flexibility index (Phi) is 4.22. The number of nitrogens with one attached hydrogen (secondary N) is 1. The van der Waals surface area contributed by atoms with Crippen molar-refractivity contribution in [3.8, 4) is 0 Å². The topological polar surface area (TPSA) is 84.2 Å². The van der Waals surface area contributed by atoms with Crippen LogP contribution in [0, 0.1) is 12.8 Å². The predicted molar refractivity (Wildman–Crippen MR) is 75.7 cm³/mol. The fraction of sp³-hybridized carbons (Fsp3) is 0.769. The van der Waals surface area contributed by atoms with E-state index in [1.165, 1.54) is 6.20 Å². The monoisotopic (exact) mass is 301 g/mol. The van der Waals surface area contributed by atoms with Crippen LogP contribution < -0.4 is 4.72 Å². The molecule has 1 aromatic heterocycles. The molecule has 1 aliphatic carbocycles. The number of aliphatic hydroxyl groups excluding tert-OH is 1. The van der Waals surface area contributed by atoms with Crippen LogP contribution in [0.25, 0.3) is 0 Å². The molecule has 7 heteroatoms. The van der Waals surface area contributed by atoms with Crippen molar-refractivity contribution in [2.45, 2.75) is 50.1 Å². The Morgan fingerprint density at radius 1 is 1.60 bits per heavy atom. The van der Waals surface area contributed by atoms with Gasteiger partial charge in [-0.3, -0.25) is 0 Å². The van der Waals surface area contributed by atoms with Crippen molar-refractivity contribution in [3.05, 3.63) is 12.0 Å². The first-order valence-electron chi connectivity index (χ1n) is 6.93. The molecule has 20 heavy (non-hydrogen) atoms. The van der Waals surface area contributed by atoms with Crippen LogP contribution in [-0.2, 0) is 17.1 Å². The van der Waals surface area contributed by atoms with Crippen LogP contribution in [-0.4, -0.2) is 35.2 Å². The van der Waals surface area contributed by atoms with Crippen molar-refractivity contribution in [1.29, 1.82) is 0 Å². The molecule has 114 valence electrons. The maximum absolute atomic E-state index is 12.4. The van der Waals surface area contributed by atoms with Gasteiger partial charge in [0.25, 0.3) is 10.0 Å². The summed E-state index contributed by atoms with van der Waals surface area (Å²) >= 11 is 0. The molecule has 0 spiro atoms. The molecular weight excluding hydrogens is 278 g/mol. The van der Waals surface area contributed by atoms with Crippen LogP contribution in [0.2, 0.25) is 0 Å².